The maximum Gasteiger partial charge on any atom is 0.232 e. The van der Waals surface area contributed by atoms with Gasteiger partial charge in [0.05, 0.1) is 13.2 Å². The Balaban J connectivity index is 1.82. The quantitative estimate of drug-likeness (QED) is 0.821. The van der Waals surface area contributed by atoms with E-state index in [-0.39, 0.29) is 0 Å². The molecule has 2 aliphatic heterocycles. The molecule has 0 atom stereocenters. The first kappa shape index (κ1) is 12.4. The molecule has 1 aromatic heterocycles. The molecule has 2 saturated heterocycles. The summed E-state index contributed by atoms with van der Waals surface area (Å²) in [7, 11) is 0. The second-order valence-electron chi connectivity index (χ2n) is 4.94. The van der Waals surface area contributed by atoms with E-state index in [4.69, 9.17) is 10.5 Å². The van der Waals surface area contributed by atoms with Crippen molar-refractivity contribution in [1.82, 2.24) is 15.0 Å². The number of aromatic nitrogens is 3. The third-order valence-corrected chi connectivity index (χ3v) is 3.56. The van der Waals surface area contributed by atoms with Crippen molar-refractivity contribution in [2.45, 2.75) is 19.3 Å². The van der Waals surface area contributed by atoms with E-state index < -0.39 is 0 Å². The summed E-state index contributed by atoms with van der Waals surface area (Å²) < 4.78 is 5.34. The lowest BCUT2D eigenvalue weighted by Gasteiger charge is -2.29. The number of hydrogen-bond acceptors (Lipinski definition) is 7. The summed E-state index contributed by atoms with van der Waals surface area (Å²) in [5.41, 5.74) is 5.83. The monoisotopic (exact) mass is 264 g/mol. The predicted octanol–water partition coefficient (Wildman–Crippen LogP) is 0.281. The Morgan fingerprint density at radius 1 is 0.789 bits per heavy atom. The van der Waals surface area contributed by atoms with Gasteiger partial charge in [0.15, 0.2) is 0 Å². The Morgan fingerprint density at radius 3 is 2.00 bits per heavy atom. The first-order valence-electron chi connectivity index (χ1n) is 6.92. The van der Waals surface area contributed by atoms with Crippen molar-refractivity contribution in [3.8, 4) is 0 Å². The molecule has 0 bridgehead atoms. The molecule has 2 fully saturated rings. The van der Waals surface area contributed by atoms with Crippen molar-refractivity contribution in [3.63, 3.8) is 0 Å². The molecule has 0 aromatic carbocycles. The Kier molecular flexibility index (Phi) is 3.63. The fourth-order valence-electron chi connectivity index (χ4n) is 2.51. The molecule has 0 unspecified atom stereocenters. The minimum absolute atomic E-state index is 0.303. The van der Waals surface area contributed by atoms with E-state index in [1.165, 1.54) is 19.3 Å². The Morgan fingerprint density at radius 2 is 1.37 bits per heavy atom. The van der Waals surface area contributed by atoms with Crippen LogP contribution < -0.4 is 15.5 Å². The lowest BCUT2D eigenvalue weighted by atomic mass is 10.1. The predicted molar refractivity (Wildman–Crippen MR) is 73.3 cm³/mol. The van der Waals surface area contributed by atoms with Crippen LogP contribution in [0.2, 0.25) is 0 Å². The van der Waals surface area contributed by atoms with E-state index in [2.05, 4.69) is 24.8 Å². The van der Waals surface area contributed by atoms with Gasteiger partial charge in [-0.1, -0.05) is 0 Å². The van der Waals surface area contributed by atoms with Crippen LogP contribution in [0.5, 0.6) is 0 Å². The normalized spacial score (nSPS) is 20.6. The number of anilines is 3. The van der Waals surface area contributed by atoms with Crippen molar-refractivity contribution < 1.29 is 4.74 Å². The minimum Gasteiger partial charge on any atom is -0.378 e. The molecule has 7 nitrogen and oxygen atoms in total. The van der Waals surface area contributed by atoms with E-state index in [0.29, 0.717) is 31.1 Å². The summed E-state index contributed by atoms with van der Waals surface area (Å²) in [4.78, 5) is 17.4. The first-order valence-corrected chi connectivity index (χ1v) is 6.92. The zero-order valence-electron chi connectivity index (χ0n) is 11.1. The van der Waals surface area contributed by atoms with Crippen LogP contribution in [0, 0.1) is 0 Å². The second-order valence-corrected chi connectivity index (χ2v) is 4.94. The van der Waals surface area contributed by atoms with E-state index in [9.17, 15) is 0 Å². The zero-order valence-corrected chi connectivity index (χ0v) is 11.1. The van der Waals surface area contributed by atoms with Gasteiger partial charge >= 0.3 is 0 Å². The third-order valence-electron chi connectivity index (χ3n) is 3.56. The Bertz CT molecular complexity index is 392. The lowest BCUT2D eigenvalue weighted by Crippen LogP contribution is -2.38. The van der Waals surface area contributed by atoms with Gasteiger partial charge < -0.3 is 20.3 Å². The fourth-order valence-corrected chi connectivity index (χ4v) is 2.51. The van der Waals surface area contributed by atoms with Crippen molar-refractivity contribution in [2.24, 2.45) is 0 Å². The molecule has 3 rings (SSSR count). The number of hydrogen-bond donors (Lipinski definition) is 1. The number of piperidine rings is 1. The van der Waals surface area contributed by atoms with Crippen LogP contribution in [-0.4, -0.2) is 54.3 Å². The van der Waals surface area contributed by atoms with E-state index in [0.717, 1.165) is 26.2 Å². The highest BCUT2D eigenvalue weighted by Gasteiger charge is 2.19. The Labute approximate surface area is 112 Å². The van der Waals surface area contributed by atoms with Gasteiger partial charge in [0, 0.05) is 26.2 Å². The average molecular weight is 264 g/mol. The number of nitrogens with two attached hydrogens (primary N) is 1. The first-order chi connectivity index (χ1) is 9.33. The van der Waals surface area contributed by atoms with Gasteiger partial charge in [-0.25, -0.2) is 0 Å². The lowest BCUT2D eigenvalue weighted by molar-refractivity contribution is 0.122. The summed E-state index contributed by atoms with van der Waals surface area (Å²) in [5, 5.41) is 0. The van der Waals surface area contributed by atoms with Gasteiger partial charge in [-0.05, 0) is 19.3 Å². The third kappa shape index (κ3) is 2.86. The minimum atomic E-state index is 0.303. The van der Waals surface area contributed by atoms with Crippen LogP contribution in [0.1, 0.15) is 19.3 Å². The molecule has 0 aliphatic carbocycles. The van der Waals surface area contributed by atoms with Crippen LogP contribution in [0.4, 0.5) is 17.8 Å². The van der Waals surface area contributed by atoms with E-state index in [1.54, 1.807) is 0 Å². The molecule has 0 saturated carbocycles. The molecule has 104 valence electrons. The second kappa shape index (κ2) is 5.56. The number of nitrogens with zero attached hydrogens (tertiary/aromatic N) is 5. The maximum atomic E-state index is 5.83. The van der Waals surface area contributed by atoms with Crippen molar-refractivity contribution in [3.05, 3.63) is 0 Å². The molecular formula is C12H20N6O. The molecule has 0 spiro atoms. The maximum absolute atomic E-state index is 5.83. The van der Waals surface area contributed by atoms with Gasteiger partial charge in [-0.3, -0.25) is 0 Å². The van der Waals surface area contributed by atoms with Crippen molar-refractivity contribution >= 4 is 17.8 Å². The Hall–Kier alpha value is -1.63. The number of morpholine rings is 1. The van der Waals surface area contributed by atoms with Gasteiger partial charge in [0.1, 0.15) is 0 Å². The highest BCUT2D eigenvalue weighted by atomic mass is 16.5. The average Bonchev–Trinajstić information content (AvgIpc) is 2.48. The molecule has 19 heavy (non-hydrogen) atoms. The largest absolute Gasteiger partial charge is 0.378 e. The molecule has 3 heterocycles. The number of nitrogen functional groups attached to an aromatic ring is 1. The molecular weight excluding hydrogens is 244 g/mol. The highest BCUT2D eigenvalue weighted by Crippen LogP contribution is 2.19. The SMILES string of the molecule is Nc1nc(N2CCCCC2)nc(N2CCOCC2)n1. The van der Waals surface area contributed by atoms with Crippen LogP contribution >= 0.6 is 0 Å². The van der Waals surface area contributed by atoms with E-state index >= 15 is 0 Å². The highest BCUT2D eigenvalue weighted by molar-refractivity contribution is 5.43. The topological polar surface area (TPSA) is 80.4 Å². The summed E-state index contributed by atoms with van der Waals surface area (Å²) in [6.45, 7) is 5.05. The van der Waals surface area contributed by atoms with Crippen LogP contribution in [0.3, 0.4) is 0 Å². The zero-order chi connectivity index (χ0) is 13.1. The van der Waals surface area contributed by atoms with Crippen LogP contribution in [0.15, 0.2) is 0 Å². The summed E-state index contributed by atoms with van der Waals surface area (Å²) >= 11 is 0. The molecule has 0 radical (unpaired) electrons. The summed E-state index contributed by atoms with van der Waals surface area (Å²) in [5.74, 6) is 1.70. The summed E-state index contributed by atoms with van der Waals surface area (Å²) in [6, 6.07) is 0. The van der Waals surface area contributed by atoms with Crippen LogP contribution in [0.25, 0.3) is 0 Å². The molecule has 0 amide bonds. The fraction of sp³-hybridized carbons (Fsp3) is 0.750. The summed E-state index contributed by atoms with van der Waals surface area (Å²) in [6.07, 6.45) is 3.67. The van der Waals surface area contributed by atoms with Gasteiger partial charge in [-0.2, -0.15) is 15.0 Å². The number of rotatable bonds is 2. The van der Waals surface area contributed by atoms with Gasteiger partial charge in [-0.15, -0.1) is 0 Å². The standard InChI is InChI=1S/C12H20N6O/c13-10-14-11(17-4-2-1-3-5-17)16-12(15-10)18-6-8-19-9-7-18/h1-9H2,(H2,13,14,15,16). The van der Waals surface area contributed by atoms with E-state index in [1.807, 2.05) is 0 Å². The molecule has 2 aliphatic rings. The van der Waals surface area contributed by atoms with Crippen molar-refractivity contribution in [1.29, 1.82) is 0 Å². The van der Waals surface area contributed by atoms with Gasteiger partial charge in [0.2, 0.25) is 17.8 Å². The smallest absolute Gasteiger partial charge is 0.232 e. The molecule has 7 heteroatoms. The number of ether oxygens (including phenoxy) is 1. The molecule has 2 N–H and O–H groups in total. The molecule has 1 aromatic rings. The van der Waals surface area contributed by atoms with Gasteiger partial charge in [0.25, 0.3) is 0 Å². The van der Waals surface area contributed by atoms with Crippen LogP contribution in [-0.2, 0) is 4.74 Å². The van der Waals surface area contributed by atoms with Crippen molar-refractivity contribution in [2.75, 3.05) is 54.9 Å².